The zero-order valence-electron chi connectivity index (χ0n) is 11.7. The SMILES string of the molecule is O=[S@@](CCCOc1ccc(F)cc1)Cc1c(Cl)cccc1Cl. The largest absolute Gasteiger partial charge is 0.494 e. The molecule has 0 spiro atoms. The van der Waals surface area contributed by atoms with E-state index in [1.165, 1.54) is 12.1 Å². The molecule has 0 heterocycles. The van der Waals surface area contributed by atoms with Gasteiger partial charge in [-0.3, -0.25) is 4.21 Å². The van der Waals surface area contributed by atoms with E-state index in [0.29, 0.717) is 45.9 Å². The number of benzene rings is 2. The molecular weight excluding hydrogens is 346 g/mol. The minimum atomic E-state index is -1.06. The van der Waals surface area contributed by atoms with Crippen LogP contribution in [-0.2, 0) is 16.6 Å². The highest BCUT2D eigenvalue weighted by Crippen LogP contribution is 2.25. The van der Waals surface area contributed by atoms with Gasteiger partial charge in [0.25, 0.3) is 0 Å². The summed E-state index contributed by atoms with van der Waals surface area (Å²) in [6, 6.07) is 11.0. The minimum Gasteiger partial charge on any atom is -0.494 e. The molecule has 2 nitrogen and oxygen atoms in total. The number of halogens is 3. The molecule has 6 heteroatoms. The zero-order valence-corrected chi connectivity index (χ0v) is 14.1. The second kappa shape index (κ2) is 8.51. The molecule has 0 bridgehead atoms. The maximum atomic E-state index is 12.7. The van der Waals surface area contributed by atoms with Gasteiger partial charge in [0.2, 0.25) is 0 Å². The Labute approximate surface area is 141 Å². The van der Waals surface area contributed by atoms with Crippen LogP contribution in [0.1, 0.15) is 12.0 Å². The first-order valence-corrected chi connectivity index (χ1v) is 8.97. The Morgan fingerprint density at radius 3 is 2.32 bits per heavy atom. The predicted octanol–water partition coefficient (Wildman–Crippen LogP) is 4.85. The molecular formula is C16H15Cl2FO2S. The van der Waals surface area contributed by atoms with Gasteiger partial charge in [-0.1, -0.05) is 29.3 Å². The standard InChI is InChI=1S/C16H15Cl2FO2S/c17-15-3-1-4-16(18)14(15)11-22(20)10-2-9-21-13-7-5-12(19)6-8-13/h1,3-8H,2,9-11H2/t22-/m0/s1. The molecule has 0 radical (unpaired) electrons. The molecule has 2 rings (SSSR count). The van der Waals surface area contributed by atoms with Gasteiger partial charge in [0.15, 0.2) is 0 Å². The minimum absolute atomic E-state index is 0.301. The van der Waals surface area contributed by atoms with Crippen molar-refractivity contribution in [2.45, 2.75) is 12.2 Å². The summed E-state index contributed by atoms with van der Waals surface area (Å²) >= 11 is 12.1. The van der Waals surface area contributed by atoms with Gasteiger partial charge in [0.1, 0.15) is 11.6 Å². The molecule has 0 aliphatic carbocycles. The van der Waals surface area contributed by atoms with Crippen LogP contribution in [0.4, 0.5) is 4.39 Å². The van der Waals surface area contributed by atoms with Crippen LogP contribution in [0.3, 0.4) is 0 Å². The average Bonchev–Trinajstić information content (AvgIpc) is 2.49. The van der Waals surface area contributed by atoms with E-state index in [2.05, 4.69) is 0 Å². The van der Waals surface area contributed by atoms with Crippen molar-refractivity contribution < 1.29 is 13.3 Å². The fourth-order valence-corrected chi connectivity index (χ4v) is 3.75. The summed E-state index contributed by atoms with van der Waals surface area (Å²) in [6.45, 7) is 0.424. The first kappa shape index (κ1) is 17.3. The monoisotopic (exact) mass is 360 g/mol. The summed E-state index contributed by atoms with van der Waals surface area (Å²) in [5.41, 5.74) is 0.712. The lowest BCUT2D eigenvalue weighted by Gasteiger charge is -2.08. The molecule has 0 aliphatic rings. The Morgan fingerprint density at radius 1 is 1.05 bits per heavy atom. The summed E-state index contributed by atoms with van der Waals surface area (Å²) in [5, 5.41) is 1.06. The number of ether oxygens (including phenoxy) is 1. The van der Waals surface area contributed by atoms with Crippen molar-refractivity contribution in [2.24, 2.45) is 0 Å². The molecule has 2 aromatic rings. The van der Waals surface area contributed by atoms with Crippen LogP contribution in [0.15, 0.2) is 42.5 Å². The van der Waals surface area contributed by atoms with Gasteiger partial charge in [-0.15, -0.1) is 0 Å². The van der Waals surface area contributed by atoms with Crippen LogP contribution < -0.4 is 4.74 Å². The molecule has 0 saturated heterocycles. The Hall–Kier alpha value is -1.10. The molecule has 22 heavy (non-hydrogen) atoms. The van der Waals surface area contributed by atoms with Gasteiger partial charge >= 0.3 is 0 Å². The summed E-state index contributed by atoms with van der Waals surface area (Å²) in [7, 11) is -1.06. The summed E-state index contributed by atoms with van der Waals surface area (Å²) in [6.07, 6.45) is 0.631. The van der Waals surface area contributed by atoms with Crippen LogP contribution in [0.2, 0.25) is 10.0 Å². The Kier molecular flexibility index (Phi) is 6.68. The Balaban J connectivity index is 1.75. The third-order valence-corrected chi connectivity index (χ3v) is 5.03. The molecule has 0 saturated carbocycles. The molecule has 0 amide bonds. The highest BCUT2D eigenvalue weighted by molar-refractivity contribution is 7.84. The molecule has 118 valence electrons. The van der Waals surface area contributed by atoms with Crippen molar-refractivity contribution in [3.05, 3.63) is 63.9 Å². The van der Waals surface area contributed by atoms with Crippen LogP contribution in [0.5, 0.6) is 5.75 Å². The van der Waals surface area contributed by atoms with E-state index in [1.54, 1.807) is 30.3 Å². The molecule has 0 aromatic heterocycles. The fourth-order valence-electron chi connectivity index (χ4n) is 1.84. The topological polar surface area (TPSA) is 26.3 Å². The van der Waals surface area contributed by atoms with E-state index in [9.17, 15) is 8.60 Å². The van der Waals surface area contributed by atoms with Crippen molar-refractivity contribution in [3.63, 3.8) is 0 Å². The van der Waals surface area contributed by atoms with Gasteiger partial charge in [0, 0.05) is 32.2 Å². The zero-order chi connectivity index (χ0) is 15.9. The highest BCUT2D eigenvalue weighted by atomic mass is 35.5. The Morgan fingerprint density at radius 2 is 1.68 bits per heavy atom. The second-order valence-electron chi connectivity index (χ2n) is 4.64. The van der Waals surface area contributed by atoms with Crippen molar-refractivity contribution in [3.8, 4) is 5.75 Å². The molecule has 0 fully saturated rings. The normalized spacial score (nSPS) is 12.1. The smallest absolute Gasteiger partial charge is 0.123 e. The fraction of sp³-hybridized carbons (Fsp3) is 0.250. The quantitative estimate of drug-likeness (QED) is 0.659. The van der Waals surface area contributed by atoms with Gasteiger partial charge in [-0.2, -0.15) is 0 Å². The number of rotatable bonds is 7. The van der Waals surface area contributed by atoms with Crippen LogP contribution in [0, 0.1) is 5.82 Å². The van der Waals surface area contributed by atoms with Crippen LogP contribution >= 0.6 is 23.2 Å². The van der Waals surface area contributed by atoms with Gasteiger partial charge in [-0.25, -0.2) is 4.39 Å². The van der Waals surface area contributed by atoms with Crippen molar-refractivity contribution >= 4 is 34.0 Å². The summed E-state index contributed by atoms with van der Waals surface area (Å²) < 4.78 is 30.3. The summed E-state index contributed by atoms with van der Waals surface area (Å²) in [4.78, 5) is 0. The van der Waals surface area contributed by atoms with Gasteiger partial charge < -0.3 is 4.74 Å². The highest BCUT2D eigenvalue weighted by Gasteiger charge is 2.09. The van der Waals surface area contributed by atoms with Crippen LogP contribution in [0.25, 0.3) is 0 Å². The molecule has 1 atom stereocenters. The van der Waals surface area contributed by atoms with Crippen molar-refractivity contribution in [2.75, 3.05) is 12.4 Å². The van der Waals surface area contributed by atoms with E-state index in [4.69, 9.17) is 27.9 Å². The molecule has 0 aliphatic heterocycles. The third kappa shape index (κ3) is 5.27. The van der Waals surface area contributed by atoms with E-state index in [0.717, 1.165) is 0 Å². The number of hydrogen-bond acceptors (Lipinski definition) is 2. The number of hydrogen-bond donors (Lipinski definition) is 0. The van der Waals surface area contributed by atoms with Crippen molar-refractivity contribution in [1.29, 1.82) is 0 Å². The Bertz CT molecular complexity index is 627. The van der Waals surface area contributed by atoms with Gasteiger partial charge in [0.05, 0.1) is 12.4 Å². The lowest BCUT2D eigenvalue weighted by atomic mass is 10.2. The molecule has 0 unspecified atom stereocenters. The van der Waals surface area contributed by atoms with E-state index < -0.39 is 10.8 Å². The lowest BCUT2D eigenvalue weighted by Crippen LogP contribution is -2.07. The predicted molar refractivity (Wildman–Crippen MR) is 89.7 cm³/mol. The third-order valence-electron chi connectivity index (χ3n) is 2.97. The van der Waals surface area contributed by atoms with E-state index in [1.807, 2.05) is 0 Å². The van der Waals surface area contributed by atoms with Crippen LogP contribution in [-0.4, -0.2) is 16.6 Å². The van der Waals surface area contributed by atoms with Crippen molar-refractivity contribution in [1.82, 2.24) is 0 Å². The maximum absolute atomic E-state index is 12.7. The molecule has 2 aromatic carbocycles. The second-order valence-corrected chi connectivity index (χ2v) is 7.04. The lowest BCUT2D eigenvalue weighted by molar-refractivity contribution is 0.318. The van der Waals surface area contributed by atoms with Gasteiger partial charge in [-0.05, 0) is 42.8 Å². The average molecular weight is 361 g/mol. The first-order chi connectivity index (χ1) is 10.6. The molecule has 0 N–H and O–H groups in total. The maximum Gasteiger partial charge on any atom is 0.123 e. The first-order valence-electron chi connectivity index (χ1n) is 6.72. The van der Waals surface area contributed by atoms with E-state index in [-0.39, 0.29) is 5.82 Å². The van der Waals surface area contributed by atoms with E-state index >= 15 is 0 Å². The summed E-state index contributed by atoms with van der Waals surface area (Å²) in [5.74, 6) is 1.11.